The molecule has 0 bridgehead atoms. The van der Waals surface area contributed by atoms with Crippen LogP contribution in [-0.2, 0) is 4.74 Å². The van der Waals surface area contributed by atoms with Crippen molar-refractivity contribution < 1.29 is 4.74 Å². The second-order valence-electron chi connectivity index (χ2n) is 5.30. The number of ether oxygens (including phenoxy) is 1. The molecule has 1 aliphatic rings. The maximum Gasteiger partial charge on any atom is 0.0780 e. The van der Waals surface area contributed by atoms with Crippen molar-refractivity contribution in [2.45, 2.75) is 57.6 Å². The Morgan fingerprint density at radius 2 is 2.05 bits per heavy atom. The first-order chi connectivity index (χ1) is 9.31. The molecule has 0 amide bonds. The average Bonchev–Trinajstić information content (AvgIpc) is 2.38. The third-order valence-corrected chi connectivity index (χ3v) is 4.21. The summed E-state index contributed by atoms with van der Waals surface area (Å²) in [5.41, 5.74) is 5.74. The molecule has 1 aromatic carbocycles. The lowest BCUT2D eigenvalue weighted by Crippen LogP contribution is -2.38. The van der Waals surface area contributed by atoms with Gasteiger partial charge in [0.05, 0.1) is 12.1 Å². The summed E-state index contributed by atoms with van der Waals surface area (Å²) in [5.74, 6) is 6.52. The van der Waals surface area contributed by atoms with Crippen LogP contribution >= 0.6 is 0 Å². The lowest BCUT2D eigenvalue weighted by molar-refractivity contribution is 0.0310. The predicted octanol–water partition coefficient (Wildman–Crippen LogP) is 3.27. The third-order valence-electron chi connectivity index (χ3n) is 4.21. The van der Waals surface area contributed by atoms with Gasteiger partial charge < -0.3 is 4.74 Å². The van der Waals surface area contributed by atoms with E-state index in [4.69, 9.17) is 10.6 Å². The Labute approximate surface area is 116 Å². The van der Waals surface area contributed by atoms with Gasteiger partial charge in [0.1, 0.15) is 0 Å². The highest BCUT2D eigenvalue weighted by Crippen LogP contribution is 2.40. The van der Waals surface area contributed by atoms with Crippen LogP contribution in [-0.4, -0.2) is 12.7 Å². The molecular formula is C16H26N2O. The van der Waals surface area contributed by atoms with Gasteiger partial charge in [-0.2, -0.15) is 0 Å². The summed E-state index contributed by atoms with van der Waals surface area (Å²) in [6.07, 6.45) is 5.06. The van der Waals surface area contributed by atoms with Crippen LogP contribution < -0.4 is 11.3 Å². The molecule has 2 atom stereocenters. The number of hydrogen-bond acceptors (Lipinski definition) is 3. The monoisotopic (exact) mass is 262 g/mol. The number of rotatable bonds is 7. The van der Waals surface area contributed by atoms with Crippen molar-refractivity contribution in [3.05, 3.63) is 35.4 Å². The molecule has 2 rings (SSSR count). The van der Waals surface area contributed by atoms with Crippen molar-refractivity contribution in [2.75, 3.05) is 6.61 Å². The quantitative estimate of drug-likeness (QED) is 0.585. The van der Waals surface area contributed by atoms with Gasteiger partial charge >= 0.3 is 0 Å². The van der Waals surface area contributed by atoms with Crippen LogP contribution in [0.3, 0.4) is 0 Å². The molecule has 0 aliphatic heterocycles. The summed E-state index contributed by atoms with van der Waals surface area (Å²) in [7, 11) is 0. The molecule has 0 saturated heterocycles. The minimum Gasteiger partial charge on any atom is -0.376 e. The predicted molar refractivity (Wildman–Crippen MR) is 78.8 cm³/mol. The second-order valence-corrected chi connectivity index (χ2v) is 5.30. The Bertz CT molecular complexity index is 390. The number of nitrogens with two attached hydrogens (primary N) is 1. The fourth-order valence-electron chi connectivity index (χ4n) is 2.95. The topological polar surface area (TPSA) is 47.3 Å². The van der Waals surface area contributed by atoms with Gasteiger partial charge in [0.15, 0.2) is 0 Å². The highest BCUT2D eigenvalue weighted by Gasteiger charge is 2.28. The van der Waals surface area contributed by atoms with Gasteiger partial charge in [-0.3, -0.25) is 11.3 Å². The Balaban J connectivity index is 2.26. The van der Waals surface area contributed by atoms with E-state index in [-0.39, 0.29) is 12.1 Å². The van der Waals surface area contributed by atoms with E-state index in [1.807, 2.05) is 6.92 Å². The van der Waals surface area contributed by atoms with E-state index in [0.29, 0.717) is 5.92 Å². The molecular weight excluding hydrogens is 236 g/mol. The van der Waals surface area contributed by atoms with Crippen molar-refractivity contribution in [3.8, 4) is 0 Å². The van der Waals surface area contributed by atoms with Crippen LogP contribution in [0.15, 0.2) is 24.3 Å². The first-order valence-electron chi connectivity index (χ1n) is 7.48. The van der Waals surface area contributed by atoms with Crippen molar-refractivity contribution >= 4 is 0 Å². The summed E-state index contributed by atoms with van der Waals surface area (Å²) < 4.78 is 5.84. The molecule has 0 heterocycles. The lowest BCUT2D eigenvalue weighted by Gasteiger charge is -2.33. The Hall–Kier alpha value is -0.900. The van der Waals surface area contributed by atoms with Gasteiger partial charge in [-0.05, 0) is 43.2 Å². The maximum absolute atomic E-state index is 5.84. The van der Waals surface area contributed by atoms with Crippen LogP contribution in [0.25, 0.3) is 0 Å². The van der Waals surface area contributed by atoms with Gasteiger partial charge in [0, 0.05) is 6.61 Å². The lowest BCUT2D eigenvalue weighted by atomic mass is 9.76. The molecule has 0 radical (unpaired) electrons. The molecule has 0 aromatic heterocycles. The van der Waals surface area contributed by atoms with E-state index >= 15 is 0 Å². The molecule has 106 valence electrons. The van der Waals surface area contributed by atoms with Crippen LogP contribution in [0.5, 0.6) is 0 Å². The van der Waals surface area contributed by atoms with Gasteiger partial charge in [-0.15, -0.1) is 0 Å². The molecule has 19 heavy (non-hydrogen) atoms. The van der Waals surface area contributed by atoms with Gasteiger partial charge in [0.2, 0.25) is 0 Å². The van der Waals surface area contributed by atoms with E-state index in [9.17, 15) is 0 Å². The summed E-state index contributed by atoms with van der Waals surface area (Å²) in [6, 6.07) is 8.76. The smallest absolute Gasteiger partial charge is 0.0780 e. The minimum absolute atomic E-state index is 0.0850. The van der Waals surface area contributed by atoms with Crippen LogP contribution in [0, 0.1) is 0 Å². The molecule has 1 saturated carbocycles. The fourth-order valence-corrected chi connectivity index (χ4v) is 2.95. The third kappa shape index (κ3) is 3.16. The van der Waals surface area contributed by atoms with Gasteiger partial charge in [-0.1, -0.05) is 37.6 Å². The highest BCUT2D eigenvalue weighted by atomic mass is 16.5. The van der Waals surface area contributed by atoms with Crippen molar-refractivity contribution in [1.29, 1.82) is 0 Å². The fraction of sp³-hybridized carbons (Fsp3) is 0.625. The molecule has 3 heteroatoms. The first kappa shape index (κ1) is 14.5. The normalized spacial score (nSPS) is 18.9. The van der Waals surface area contributed by atoms with Crippen LogP contribution in [0.1, 0.15) is 62.6 Å². The molecule has 0 spiro atoms. The van der Waals surface area contributed by atoms with Gasteiger partial charge in [0.25, 0.3) is 0 Å². The van der Waals surface area contributed by atoms with E-state index in [2.05, 4.69) is 36.6 Å². The average molecular weight is 262 g/mol. The zero-order valence-corrected chi connectivity index (χ0v) is 12.1. The maximum atomic E-state index is 5.84. The first-order valence-corrected chi connectivity index (χ1v) is 7.48. The molecule has 1 aliphatic carbocycles. The summed E-state index contributed by atoms with van der Waals surface area (Å²) >= 11 is 0. The number of hydrogen-bond donors (Lipinski definition) is 2. The molecule has 1 fully saturated rings. The molecule has 1 aromatic rings. The molecule has 2 unspecified atom stereocenters. The SMILES string of the molecule is CCOC(CC)C(NN)c1ccccc1C1CCC1. The van der Waals surface area contributed by atoms with Crippen molar-refractivity contribution in [1.82, 2.24) is 5.43 Å². The van der Waals surface area contributed by atoms with Crippen LogP contribution in [0.4, 0.5) is 0 Å². The van der Waals surface area contributed by atoms with Gasteiger partial charge in [-0.25, -0.2) is 0 Å². The molecule has 3 nitrogen and oxygen atoms in total. The second kappa shape index (κ2) is 7.04. The van der Waals surface area contributed by atoms with E-state index in [1.165, 1.54) is 30.4 Å². The zero-order chi connectivity index (χ0) is 13.7. The highest BCUT2D eigenvalue weighted by molar-refractivity contribution is 5.34. The largest absolute Gasteiger partial charge is 0.376 e. The summed E-state index contributed by atoms with van der Waals surface area (Å²) in [6.45, 7) is 4.91. The summed E-state index contributed by atoms with van der Waals surface area (Å²) in [4.78, 5) is 0. The summed E-state index contributed by atoms with van der Waals surface area (Å²) in [5, 5.41) is 0. The zero-order valence-electron chi connectivity index (χ0n) is 12.1. The van der Waals surface area contributed by atoms with E-state index in [0.717, 1.165) is 13.0 Å². The van der Waals surface area contributed by atoms with Crippen LogP contribution in [0.2, 0.25) is 0 Å². The minimum atomic E-state index is 0.0850. The number of hydrazine groups is 1. The number of benzene rings is 1. The van der Waals surface area contributed by atoms with Crippen molar-refractivity contribution in [2.24, 2.45) is 5.84 Å². The van der Waals surface area contributed by atoms with Crippen molar-refractivity contribution in [3.63, 3.8) is 0 Å². The Morgan fingerprint density at radius 3 is 2.58 bits per heavy atom. The Kier molecular flexibility index (Phi) is 5.37. The standard InChI is InChI=1S/C16H26N2O/c1-3-15(19-4-2)16(18-17)14-11-6-5-10-13(14)12-8-7-9-12/h5-6,10-12,15-16,18H,3-4,7-9,17H2,1-2H3. The van der Waals surface area contributed by atoms with E-state index in [1.54, 1.807) is 0 Å². The van der Waals surface area contributed by atoms with E-state index < -0.39 is 0 Å². The molecule has 3 N–H and O–H groups in total. The Morgan fingerprint density at radius 1 is 1.32 bits per heavy atom. The number of nitrogens with one attached hydrogen (secondary N) is 1.